The first-order chi connectivity index (χ1) is 5.70. The molecule has 0 aromatic rings. The van der Waals surface area contributed by atoms with Crippen molar-refractivity contribution in [2.75, 3.05) is 13.1 Å². The van der Waals surface area contributed by atoms with E-state index in [0.717, 1.165) is 25.9 Å². The van der Waals surface area contributed by atoms with E-state index in [2.05, 4.69) is 0 Å². The highest BCUT2D eigenvalue weighted by Crippen LogP contribution is 2.10. The molecule has 0 bridgehead atoms. The molecule has 1 heterocycles. The SMILES string of the molecule is N=C(Cl)CC(=N)N1CCCCC1. The fourth-order valence-electron chi connectivity index (χ4n) is 1.42. The van der Waals surface area contributed by atoms with E-state index < -0.39 is 0 Å². The Labute approximate surface area is 77.7 Å². The van der Waals surface area contributed by atoms with Crippen molar-refractivity contribution in [2.24, 2.45) is 0 Å². The van der Waals surface area contributed by atoms with Crippen LogP contribution >= 0.6 is 11.6 Å². The third-order valence-electron chi connectivity index (χ3n) is 2.06. The second-order valence-corrected chi connectivity index (χ2v) is 3.53. The molecule has 0 radical (unpaired) electrons. The zero-order valence-electron chi connectivity index (χ0n) is 7.07. The Hall–Kier alpha value is -0.570. The van der Waals surface area contributed by atoms with Crippen molar-refractivity contribution in [1.82, 2.24) is 4.90 Å². The minimum Gasteiger partial charge on any atom is -0.360 e. The minimum atomic E-state index is 0.0607. The fourth-order valence-corrected chi connectivity index (χ4v) is 1.55. The van der Waals surface area contributed by atoms with Gasteiger partial charge in [-0.15, -0.1) is 0 Å². The molecule has 1 saturated heterocycles. The molecule has 1 fully saturated rings. The smallest absolute Gasteiger partial charge is 0.104 e. The molecule has 0 saturated carbocycles. The predicted molar refractivity (Wildman–Crippen MR) is 51.3 cm³/mol. The van der Waals surface area contributed by atoms with Gasteiger partial charge in [-0.2, -0.15) is 0 Å². The Morgan fingerprint density at radius 1 is 1.17 bits per heavy atom. The number of nitrogens with one attached hydrogen (secondary N) is 2. The largest absolute Gasteiger partial charge is 0.360 e. The molecule has 68 valence electrons. The van der Waals surface area contributed by atoms with Crippen molar-refractivity contribution in [2.45, 2.75) is 25.7 Å². The second-order valence-electron chi connectivity index (χ2n) is 3.08. The molecule has 1 aliphatic heterocycles. The number of piperidine rings is 1. The average Bonchev–Trinajstić information content (AvgIpc) is 2.05. The summed E-state index contributed by atoms with van der Waals surface area (Å²) in [4.78, 5) is 2.01. The summed E-state index contributed by atoms with van der Waals surface area (Å²) in [5.74, 6) is 0.495. The van der Waals surface area contributed by atoms with Crippen LogP contribution in [0.3, 0.4) is 0 Å². The molecule has 0 amide bonds. The fraction of sp³-hybridized carbons (Fsp3) is 0.750. The van der Waals surface area contributed by atoms with Crippen molar-refractivity contribution >= 4 is 22.6 Å². The zero-order chi connectivity index (χ0) is 8.97. The highest BCUT2D eigenvalue weighted by Gasteiger charge is 2.13. The third kappa shape index (κ3) is 2.81. The zero-order valence-corrected chi connectivity index (χ0v) is 7.82. The van der Waals surface area contributed by atoms with E-state index in [-0.39, 0.29) is 5.17 Å². The first-order valence-corrected chi connectivity index (χ1v) is 4.63. The van der Waals surface area contributed by atoms with Crippen LogP contribution in [0.25, 0.3) is 0 Å². The van der Waals surface area contributed by atoms with Gasteiger partial charge in [0.1, 0.15) is 11.0 Å². The average molecular weight is 188 g/mol. The van der Waals surface area contributed by atoms with Gasteiger partial charge in [-0.3, -0.25) is 10.8 Å². The maximum absolute atomic E-state index is 7.61. The van der Waals surface area contributed by atoms with Crippen LogP contribution in [-0.4, -0.2) is 29.0 Å². The Balaban J connectivity index is 2.34. The summed E-state index contributed by atoms with van der Waals surface area (Å²) in [6.45, 7) is 1.92. The van der Waals surface area contributed by atoms with Gasteiger partial charge in [0.15, 0.2) is 0 Å². The van der Waals surface area contributed by atoms with E-state index in [4.69, 9.17) is 22.4 Å². The molecular formula is C8H14ClN3. The van der Waals surface area contributed by atoms with Gasteiger partial charge in [0, 0.05) is 13.1 Å². The van der Waals surface area contributed by atoms with Crippen molar-refractivity contribution < 1.29 is 0 Å². The summed E-state index contributed by atoms with van der Waals surface area (Å²) in [6.07, 6.45) is 3.89. The first-order valence-electron chi connectivity index (χ1n) is 4.25. The highest BCUT2D eigenvalue weighted by atomic mass is 35.5. The monoisotopic (exact) mass is 187 g/mol. The van der Waals surface area contributed by atoms with Crippen molar-refractivity contribution in [3.63, 3.8) is 0 Å². The van der Waals surface area contributed by atoms with Crippen molar-refractivity contribution in [1.29, 1.82) is 10.8 Å². The first kappa shape index (κ1) is 9.52. The van der Waals surface area contributed by atoms with E-state index in [9.17, 15) is 0 Å². The van der Waals surface area contributed by atoms with Gasteiger partial charge in [-0.05, 0) is 19.3 Å². The van der Waals surface area contributed by atoms with E-state index in [1.807, 2.05) is 4.90 Å². The lowest BCUT2D eigenvalue weighted by Gasteiger charge is -2.28. The normalized spacial score (nSPS) is 17.6. The second kappa shape index (κ2) is 4.45. The van der Waals surface area contributed by atoms with Gasteiger partial charge >= 0.3 is 0 Å². The van der Waals surface area contributed by atoms with Gasteiger partial charge in [0.25, 0.3) is 0 Å². The molecule has 0 atom stereocenters. The summed E-state index contributed by atoms with van der Waals surface area (Å²) >= 11 is 5.41. The van der Waals surface area contributed by atoms with Crippen molar-refractivity contribution in [3.8, 4) is 0 Å². The van der Waals surface area contributed by atoms with Crippen LogP contribution in [0.5, 0.6) is 0 Å². The number of likely N-dealkylation sites (tertiary alicyclic amines) is 1. The molecule has 0 aliphatic carbocycles. The standard InChI is InChI=1S/C8H14ClN3/c9-7(10)6-8(11)12-4-2-1-3-5-12/h10-11H,1-6H2. The molecule has 0 aromatic heterocycles. The van der Waals surface area contributed by atoms with Gasteiger partial charge in [0.05, 0.1) is 6.42 Å². The lowest BCUT2D eigenvalue weighted by atomic mass is 10.1. The molecule has 0 unspecified atom stereocenters. The summed E-state index contributed by atoms with van der Waals surface area (Å²) in [5, 5.41) is 14.7. The van der Waals surface area contributed by atoms with Gasteiger partial charge < -0.3 is 4.90 Å². The maximum atomic E-state index is 7.61. The van der Waals surface area contributed by atoms with Gasteiger partial charge in [-0.25, -0.2) is 0 Å². The van der Waals surface area contributed by atoms with E-state index in [1.165, 1.54) is 6.42 Å². The Morgan fingerprint density at radius 3 is 2.25 bits per heavy atom. The molecule has 3 nitrogen and oxygen atoms in total. The molecule has 4 heteroatoms. The molecule has 2 N–H and O–H groups in total. The quantitative estimate of drug-likeness (QED) is 0.505. The molecule has 0 aromatic carbocycles. The Morgan fingerprint density at radius 2 is 1.75 bits per heavy atom. The number of hydrogen-bond acceptors (Lipinski definition) is 2. The molecule has 1 aliphatic rings. The van der Waals surface area contributed by atoms with Crippen LogP contribution in [0.2, 0.25) is 0 Å². The number of hydrogen-bond donors (Lipinski definition) is 2. The number of nitrogens with zero attached hydrogens (tertiary/aromatic N) is 1. The third-order valence-corrected chi connectivity index (χ3v) is 2.19. The topological polar surface area (TPSA) is 50.9 Å². The predicted octanol–water partition coefficient (Wildman–Crippen LogP) is 2.06. The number of rotatable bonds is 2. The molecular weight excluding hydrogens is 174 g/mol. The summed E-state index contributed by atoms with van der Waals surface area (Å²) in [5.41, 5.74) is 0. The minimum absolute atomic E-state index is 0.0607. The molecule has 1 rings (SSSR count). The number of halogens is 1. The van der Waals surface area contributed by atoms with Crippen LogP contribution in [0.1, 0.15) is 25.7 Å². The summed E-state index contributed by atoms with van der Waals surface area (Å²) in [6, 6.07) is 0. The molecule has 0 spiro atoms. The molecule has 12 heavy (non-hydrogen) atoms. The van der Waals surface area contributed by atoms with Gasteiger partial charge in [0.2, 0.25) is 0 Å². The summed E-state index contributed by atoms with van der Waals surface area (Å²) in [7, 11) is 0. The van der Waals surface area contributed by atoms with Crippen LogP contribution in [0.15, 0.2) is 0 Å². The Bertz CT molecular complexity index is 185. The van der Waals surface area contributed by atoms with Gasteiger partial charge in [-0.1, -0.05) is 11.6 Å². The lowest BCUT2D eigenvalue weighted by molar-refractivity contribution is 0.337. The van der Waals surface area contributed by atoms with Crippen LogP contribution in [0, 0.1) is 10.8 Å². The summed E-state index contributed by atoms with van der Waals surface area (Å²) < 4.78 is 0. The maximum Gasteiger partial charge on any atom is 0.104 e. The highest BCUT2D eigenvalue weighted by molar-refractivity contribution is 6.65. The van der Waals surface area contributed by atoms with E-state index in [0.29, 0.717) is 12.3 Å². The lowest BCUT2D eigenvalue weighted by Crippen LogP contribution is -2.35. The van der Waals surface area contributed by atoms with Crippen LogP contribution < -0.4 is 0 Å². The van der Waals surface area contributed by atoms with Crippen LogP contribution in [0.4, 0.5) is 0 Å². The number of amidine groups is 1. The van der Waals surface area contributed by atoms with Crippen molar-refractivity contribution in [3.05, 3.63) is 0 Å². The van der Waals surface area contributed by atoms with Crippen LogP contribution in [-0.2, 0) is 0 Å². The van der Waals surface area contributed by atoms with E-state index >= 15 is 0 Å². The van der Waals surface area contributed by atoms with E-state index in [1.54, 1.807) is 0 Å². The Kier molecular flexibility index (Phi) is 3.53.